The molecular weight excluding hydrogens is 304 g/mol. The van der Waals surface area contributed by atoms with Crippen LogP contribution in [0.3, 0.4) is 0 Å². The van der Waals surface area contributed by atoms with E-state index in [1.807, 2.05) is 27.0 Å². The summed E-state index contributed by atoms with van der Waals surface area (Å²) in [5.74, 6) is -0.317. The molecule has 0 aliphatic rings. The molecule has 0 bridgehead atoms. The molecule has 2 heterocycles. The van der Waals surface area contributed by atoms with Crippen LogP contribution in [0.4, 0.5) is 5.69 Å². The monoisotopic (exact) mass is 320 g/mol. The van der Waals surface area contributed by atoms with Crippen LogP contribution in [0.2, 0.25) is 0 Å². The summed E-state index contributed by atoms with van der Waals surface area (Å²) >= 11 is 0. The molecule has 0 atom stereocenters. The Morgan fingerprint density at radius 1 is 1.33 bits per heavy atom. The number of H-pyrrole nitrogens is 1. The van der Waals surface area contributed by atoms with Crippen molar-refractivity contribution < 1.29 is 4.79 Å². The quantitative estimate of drug-likeness (QED) is 0.774. The van der Waals surface area contributed by atoms with Gasteiger partial charge in [0.2, 0.25) is 0 Å². The van der Waals surface area contributed by atoms with E-state index in [9.17, 15) is 4.79 Å². The van der Waals surface area contributed by atoms with E-state index in [-0.39, 0.29) is 5.91 Å². The minimum absolute atomic E-state index is 0.317. The van der Waals surface area contributed by atoms with Crippen molar-refractivity contribution in [3.05, 3.63) is 53.0 Å². The van der Waals surface area contributed by atoms with Gasteiger partial charge in [-0.25, -0.2) is 0 Å². The zero-order chi connectivity index (χ0) is 17.3. The van der Waals surface area contributed by atoms with Crippen LogP contribution in [0.1, 0.15) is 27.4 Å². The van der Waals surface area contributed by atoms with Crippen LogP contribution < -0.4 is 5.32 Å². The van der Waals surface area contributed by atoms with E-state index in [0.717, 1.165) is 17.0 Å². The van der Waals surface area contributed by atoms with Crippen molar-refractivity contribution in [2.75, 3.05) is 5.32 Å². The molecule has 3 aromatic rings. The van der Waals surface area contributed by atoms with Crippen LogP contribution in [-0.4, -0.2) is 25.9 Å². The molecule has 120 valence electrons. The van der Waals surface area contributed by atoms with Crippen molar-refractivity contribution in [3.63, 3.8) is 0 Å². The van der Waals surface area contributed by atoms with E-state index in [1.54, 1.807) is 35.0 Å². The maximum atomic E-state index is 12.3. The molecular formula is C17H16N6O. The highest BCUT2D eigenvalue weighted by Crippen LogP contribution is 2.25. The van der Waals surface area contributed by atoms with Gasteiger partial charge in [-0.15, -0.1) is 0 Å². The number of hydrogen-bond acceptors (Lipinski definition) is 4. The summed E-state index contributed by atoms with van der Waals surface area (Å²) < 4.78 is 1.78. The predicted octanol–water partition coefficient (Wildman–Crippen LogP) is 2.55. The van der Waals surface area contributed by atoms with Gasteiger partial charge in [-0.3, -0.25) is 14.6 Å². The molecule has 0 saturated carbocycles. The second-order valence-corrected chi connectivity index (χ2v) is 5.48. The van der Waals surface area contributed by atoms with Crippen LogP contribution in [0.15, 0.2) is 30.3 Å². The molecule has 2 N–H and O–H groups in total. The second kappa shape index (κ2) is 6.01. The highest BCUT2D eigenvalue weighted by atomic mass is 16.1. The van der Waals surface area contributed by atoms with Crippen molar-refractivity contribution in [2.24, 2.45) is 7.05 Å². The van der Waals surface area contributed by atoms with Gasteiger partial charge in [-0.1, -0.05) is 6.07 Å². The lowest BCUT2D eigenvalue weighted by molar-refractivity contribution is 0.102. The Balaban J connectivity index is 1.85. The number of amides is 1. The minimum Gasteiger partial charge on any atom is -0.321 e. The fraction of sp³-hybridized carbons (Fsp3) is 0.176. The molecule has 3 rings (SSSR count). The zero-order valence-electron chi connectivity index (χ0n) is 13.6. The number of carbonyl (C=O) groups is 1. The molecule has 0 spiro atoms. The Hall–Kier alpha value is -3.40. The standard InChI is InChI=1S/C17H16N6O/c1-10-16(11(2)23(3)22-10)14-8-15(21-20-14)17(24)19-13-6-4-5-12(7-13)9-18/h4-8H,1-3H3,(H,19,24)(H,20,21). The van der Waals surface area contributed by atoms with Crippen LogP contribution in [0.25, 0.3) is 11.3 Å². The Labute approximate surface area is 138 Å². The third kappa shape index (κ3) is 2.77. The summed E-state index contributed by atoms with van der Waals surface area (Å²) in [6.45, 7) is 3.86. The average molecular weight is 320 g/mol. The summed E-state index contributed by atoms with van der Waals surface area (Å²) in [4.78, 5) is 12.3. The van der Waals surface area contributed by atoms with Crippen molar-refractivity contribution in [3.8, 4) is 17.3 Å². The third-order valence-corrected chi connectivity index (χ3v) is 3.84. The number of nitriles is 1. The number of rotatable bonds is 3. The molecule has 0 radical (unpaired) electrons. The van der Waals surface area contributed by atoms with Gasteiger partial charge in [0, 0.05) is 24.0 Å². The van der Waals surface area contributed by atoms with Gasteiger partial charge >= 0.3 is 0 Å². The molecule has 0 aliphatic heterocycles. The van der Waals surface area contributed by atoms with E-state index >= 15 is 0 Å². The molecule has 0 aliphatic carbocycles. The van der Waals surface area contributed by atoms with Gasteiger partial charge in [-0.2, -0.15) is 15.5 Å². The second-order valence-electron chi connectivity index (χ2n) is 5.48. The molecule has 24 heavy (non-hydrogen) atoms. The number of aryl methyl sites for hydroxylation is 2. The smallest absolute Gasteiger partial charge is 0.273 e. The molecule has 1 amide bonds. The predicted molar refractivity (Wildman–Crippen MR) is 89.4 cm³/mol. The maximum Gasteiger partial charge on any atom is 0.273 e. The van der Waals surface area contributed by atoms with E-state index in [0.29, 0.717) is 22.6 Å². The summed E-state index contributed by atoms with van der Waals surface area (Å²) in [7, 11) is 1.87. The van der Waals surface area contributed by atoms with Crippen molar-refractivity contribution in [1.82, 2.24) is 20.0 Å². The Morgan fingerprint density at radius 2 is 2.12 bits per heavy atom. The van der Waals surface area contributed by atoms with Gasteiger partial charge in [-0.05, 0) is 38.1 Å². The number of benzene rings is 1. The number of aromatic nitrogens is 4. The van der Waals surface area contributed by atoms with Crippen molar-refractivity contribution in [1.29, 1.82) is 5.26 Å². The number of aromatic amines is 1. The van der Waals surface area contributed by atoms with Gasteiger partial charge in [0.15, 0.2) is 0 Å². The minimum atomic E-state index is -0.317. The molecule has 1 aromatic carbocycles. The van der Waals surface area contributed by atoms with Crippen molar-refractivity contribution in [2.45, 2.75) is 13.8 Å². The number of nitrogens with one attached hydrogen (secondary N) is 2. The van der Waals surface area contributed by atoms with E-state index in [4.69, 9.17) is 5.26 Å². The Bertz CT molecular complexity index is 960. The summed E-state index contributed by atoms with van der Waals surface area (Å²) in [5, 5.41) is 23.0. The first kappa shape index (κ1) is 15.5. The van der Waals surface area contributed by atoms with Gasteiger partial charge in [0.25, 0.3) is 5.91 Å². The number of nitrogens with zero attached hydrogens (tertiary/aromatic N) is 4. The van der Waals surface area contributed by atoms with Gasteiger partial charge in [0.05, 0.1) is 23.0 Å². The van der Waals surface area contributed by atoms with Crippen LogP contribution >= 0.6 is 0 Å². The first-order chi connectivity index (χ1) is 11.5. The molecule has 0 fully saturated rings. The molecule has 0 unspecified atom stereocenters. The zero-order valence-corrected chi connectivity index (χ0v) is 13.6. The highest BCUT2D eigenvalue weighted by Gasteiger charge is 2.17. The maximum absolute atomic E-state index is 12.3. The first-order valence-electron chi connectivity index (χ1n) is 7.37. The number of anilines is 1. The largest absolute Gasteiger partial charge is 0.321 e. The number of carbonyl (C=O) groups excluding carboxylic acids is 1. The average Bonchev–Trinajstić information content (AvgIpc) is 3.13. The summed E-state index contributed by atoms with van der Waals surface area (Å²) in [6.07, 6.45) is 0. The topological polar surface area (TPSA) is 99.4 Å². The fourth-order valence-corrected chi connectivity index (χ4v) is 2.58. The van der Waals surface area contributed by atoms with Gasteiger partial charge in [0.1, 0.15) is 5.69 Å². The Kier molecular flexibility index (Phi) is 3.88. The number of hydrogen-bond donors (Lipinski definition) is 2. The lowest BCUT2D eigenvalue weighted by Gasteiger charge is -2.03. The van der Waals surface area contributed by atoms with E-state index in [1.165, 1.54) is 0 Å². The SMILES string of the molecule is Cc1nn(C)c(C)c1-c1cc(C(=O)Nc2cccc(C#N)c2)[nH]n1. The fourth-order valence-electron chi connectivity index (χ4n) is 2.58. The molecule has 0 saturated heterocycles. The van der Waals surface area contributed by atoms with Crippen LogP contribution in [0.5, 0.6) is 0 Å². The van der Waals surface area contributed by atoms with E-state index < -0.39 is 0 Å². The normalized spacial score (nSPS) is 10.4. The van der Waals surface area contributed by atoms with E-state index in [2.05, 4.69) is 20.6 Å². The lowest BCUT2D eigenvalue weighted by Crippen LogP contribution is -2.12. The highest BCUT2D eigenvalue weighted by molar-refractivity contribution is 6.03. The summed E-state index contributed by atoms with van der Waals surface area (Å²) in [6, 6.07) is 10.5. The van der Waals surface area contributed by atoms with Crippen LogP contribution in [-0.2, 0) is 7.05 Å². The summed E-state index contributed by atoms with van der Waals surface area (Å²) in [5.41, 5.74) is 4.81. The van der Waals surface area contributed by atoms with Gasteiger partial charge < -0.3 is 5.32 Å². The lowest BCUT2D eigenvalue weighted by atomic mass is 10.1. The molecule has 7 heteroatoms. The van der Waals surface area contributed by atoms with Crippen molar-refractivity contribution >= 4 is 11.6 Å². The first-order valence-corrected chi connectivity index (χ1v) is 7.37. The Morgan fingerprint density at radius 3 is 2.79 bits per heavy atom. The third-order valence-electron chi connectivity index (χ3n) is 3.84. The molecule has 7 nitrogen and oxygen atoms in total. The molecule has 2 aromatic heterocycles. The van der Waals surface area contributed by atoms with Crippen LogP contribution in [0, 0.1) is 25.2 Å².